The minimum Gasteiger partial charge on any atom is -0.440 e. The number of nitrogens with one attached hydrogen (secondary N) is 1. The summed E-state index contributed by atoms with van der Waals surface area (Å²) < 4.78 is 9.99. The molecular weight excluding hydrogens is 296 g/mol. The minimum absolute atomic E-state index is 0.382. The zero-order valence-corrected chi connectivity index (χ0v) is 12.6. The average molecular weight is 322 g/mol. The summed E-state index contributed by atoms with van der Waals surface area (Å²) in [5.41, 5.74) is 5.36. The summed E-state index contributed by atoms with van der Waals surface area (Å²) in [6.07, 6.45) is -7.03. The normalized spacial score (nSPS) is 35.2. The first-order valence-corrected chi connectivity index (χ1v) is 7.33. The molecule has 0 heterocycles. The Morgan fingerprint density at radius 3 is 2.14 bits per heavy atom. The van der Waals surface area contributed by atoms with Crippen molar-refractivity contribution in [3.8, 4) is 0 Å². The Kier molecular flexibility index (Phi) is 8.01. The third-order valence-electron chi connectivity index (χ3n) is 3.71. The number of nitrogens with two attached hydrogens (primary N) is 1. The monoisotopic (exact) mass is 322 g/mol. The van der Waals surface area contributed by atoms with E-state index < -0.39 is 42.7 Å². The van der Waals surface area contributed by atoms with Gasteiger partial charge in [0, 0.05) is 13.7 Å². The lowest BCUT2D eigenvalue weighted by molar-refractivity contribution is -0.229. The SMILES string of the molecule is CO[C@@H]1[C@H](O)[C@H](O)[C@@H](O)[C@H](O)[C@H]1OC(=O)NCCCCCN. The summed E-state index contributed by atoms with van der Waals surface area (Å²) in [4.78, 5) is 11.7. The summed E-state index contributed by atoms with van der Waals surface area (Å²) in [5.74, 6) is 0. The molecule has 0 aromatic rings. The average Bonchev–Trinajstić information content (AvgIpc) is 2.50. The van der Waals surface area contributed by atoms with E-state index >= 15 is 0 Å². The number of amides is 1. The van der Waals surface area contributed by atoms with E-state index in [0.29, 0.717) is 13.1 Å². The van der Waals surface area contributed by atoms with Crippen LogP contribution in [0.25, 0.3) is 0 Å². The molecular formula is C13H26N2O7. The maximum absolute atomic E-state index is 11.7. The molecule has 0 spiro atoms. The van der Waals surface area contributed by atoms with Crippen molar-refractivity contribution in [2.24, 2.45) is 5.73 Å². The van der Waals surface area contributed by atoms with E-state index in [1.54, 1.807) is 0 Å². The molecule has 7 N–H and O–H groups in total. The van der Waals surface area contributed by atoms with Crippen molar-refractivity contribution in [2.45, 2.75) is 55.9 Å². The molecule has 1 aliphatic carbocycles. The van der Waals surface area contributed by atoms with Crippen LogP contribution in [0.1, 0.15) is 19.3 Å². The van der Waals surface area contributed by atoms with Gasteiger partial charge in [0.05, 0.1) is 0 Å². The topological polar surface area (TPSA) is 155 Å². The summed E-state index contributed by atoms with van der Waals surface area (Å²) in [7, 11) is 1.24. The predicted octanol–water partition coefficient (Wildman–Crippen LogP) is -2.32. The molecule has 0 aromatic carbocycles. The van der Waals surface area contributed by atoms with Crippen LogP contribution in [0.5, 0.6) is 0 Å². The highest BCUT2D eigenvalue weighted by molar-refractivity contribution is 5.67. The Morgan fingerprint density at radius 2 is 1.59 bits per heavy atom. The largest absolute Gasteiger partial charge is 0.440 e. The maximum atomic E-state index is 11.7. The molecule has 9 nitrogen and oxygen atoms in total. The maximum Gasteiger partial charge on any atom is 0.407 e. The molecule has 1 aliphatic rings. The highest BCUT2D eigenvalue weighted by Gasteiger charge is 2.51. The first kappa shape index (κ1) is 19.1. The summed E-state index contributed by atoms with van der Waals surface area (Å²) in [6.45, 7) is 0.972. The molecule has 0 aliphatic heterocycles. The van der Waals surface area contributed by atoms with Crippen LogP contribution in [-0.2, 0) is 9.47 Å². The number of methoxy groups -OCH3 is 1. The molecule has 0 aromatic heterocycles. The summed E-state index contributed by atoms with van der Waals surface area (Å²) >= 11 is 0. The minimum atomic E-state index is -1.64. The Hall–Kier alpha value is -0.970. The lowest BCUT2D eigenvalue weighted by Gasteiger charge is -2.42. The number of carbonyl (C=O) groups excluding carboxylic acids is 1. The number of aliphatic hydroxyl groups is 4. The van der Waals surface area contributed by atoms with Crippen molar-refractivity contribution in [2.75, 3.05) is 20.2 Å². The van der Waals surface area contributed by atoms with Gasteiger partial charge in [-0.05, 0) is 19.4 Å². The van der Waals surface area contributed by atoms with E-state index in [1.807, 2.05) is 0 Å². The summed E-state index contributed by atoms with van der Waals surface area (Å²) in [5, 5.41) is 41.4. The van der Waals surface area contributed by atoms with Crippen molar-refractivity contribution >= 4 is 6.09 Å². The van der Waals surface area contributed by atoms with E-state index in [4.69, 9.17) is 15.2 Å². The fourth-order valence-electron chi connectivity index (χ4n) is 2.39. The molecule has 1 rings (SSSR count). The standard InChI is InChI=1S/C13H26N2O7/c1-21-11-9(18)7(16)8(17)10(19)12(11)22-13(20)15-6-4-2-3-5-14/h7-12,16-19H,2-6,14H2,1H3,(H,15,20)/t7-,8-,9-,10+,11-,12-/m1/s1. The molecule has 0 radical (unpaired) electrons. The number of rotatable bonds is 7. The molecule has 1 saturated carbocycles. The van der Waals surface area contributed by atoms with Gasteiger partial charge >= 0.3 is 6.09 Å². The van der Waals surface area contributed by atoms with Crippen molar-refractivity contribution in [1.82, 2.24) is 5.32 Å². The van der Waals surface area contributed by atoms with E-state index in [-0.39, 0.29) is 0 Å². The fraction of sp³-hybridized carbons (Fsp3) is 0.923. The van der Waals surface area contributed by atoms with Gasteiger partial charge < -0.3 is 41.0 Å². The van der Waals surface area contributed by atoms with Crippen LogP contribution in [0.15, 0.2) is 0 Å². The van der Waals surface area contributed by atoms with E-state index in [1.165, 1.54) is 7.11 Å². The Morgan fingerprint density at radius 1 is 1.00 bits per heavy atom. The smallest absolute Gasteiger partial charge is 0.407 e. The van der Waals surface area contributed by atoms with Gasteiger partial charge in [-0.1, -0.05) is 6.42 Å². The second kappa shape index (κ2) is 9.23. The predicted molar refractivity (Wildman–Crippen MR) is 76.0 cm³/mol. The Labute approximate surface area is 129 Å². The van der Waals surface area contributed by atoms with Crippen LogP contribution < -0.4 is 11.1 Å². The van der Waals surface area contributed by atoms with Crippen molar-refractivity contribution < 1.29 is 34.7 Å². The van der Waals surface area contributed by atoms with Gasteiger partial charge in [0.2, 0.25) is 0 Å². The van der Waals surface area contributed by atoms with Gasteiger partial charge in [-0.15, -0.1) is 0 Å². The molecule has 1 fully saturated rings. The number of carbonyl (C=O) groups is 1. The number of alkyl carbamates (subject to hydrolysis) is 1. The van der Waals surface area contributed by atoms with Crippen LogP contribution >= 0.6 is 0 Å². The third-order valence-corrected chi connectivity index (χ3v) is 3.71. The van der Waals surface area contributed by atoms with Gasteiger partial charge in [-0.2, -0.15) is 0 Å². The molecule has 0 unspecified atom stereocenters. The Bertz CT molecular complexity index is 344. The van der Waals surface area contributed by atoms with Gasteiger partial charge in [0.1, 0.15) is 30.5 Å². The third kappa shape index (κ3) is 4.77. The second-order valence-corrected chi connectivity index (χ2v) is 5.31. The molecule has 0 saturated heterocycles. The zero-order chi connectivity index (χ0) is 16.7. The zero-order valence-electron chi connectivity index (χ0n) is 12.6. The van der Waals surface area contributed by atoms with Crippen LogP contribution in [-0.4, -0.2) is 83.3 Å². The Balaban J connectivity index is 2.51. The van der Waals surface area contributed by atoms with Crippen LogP contribution in [0.2, 0.25) is 0 Å². The fourth-order valence-corrected chi connectivity index (χ4v) is 2.39. The van der Waals surface area contributed by atoms with Crippen LogP contribution in [0.3, 0.4) is 0 Å². The number of aliphatic hydroxyl groups excluding tert-OH is 4. The second-order valence-electron chi connectivity index (χ2n) is 5.31. The molecule has 0 bridgehead atoms. The van der Waals surface area contributed by atoms with Gasteiger partial charge in [-0.25, -0.2) is 4.79 Å². The first-order chi connectivity index (χ1) is 10.4. The number of ether oxygens (including phenoxy) is 2. The lowest BCUT2D eigenvalue weighted by atomic mass is 9.84. The number of hydrogen-bond donors (Lipinski definition) is 6. The van der Waals surface area contributed by atoms with Crippen LogP contribution in [0, 0.1) is 0 Å². The molecule has 6 atom stereocenters. The highest BCUT2D eigenvalue weighted by Crippen LogP contribution is 2.25. The van der Waals surface area contributed by atoms with Gasteiger partial charge in [0.25, 0.3) is 0 Å². The van der Waals surface area contributed by atoms with Crippen molar-refractivity contribution in [3.05, 3.63) is 0 Å². The van der Waals surface area contributed by atoms with Crippen molar-refractivity contribution in [1.29, 1.82) is 0 Å². The summed E-state index contributed by atoms with van der Waals surface area (Å²) in [6, 6.07) is 0. The van der Waals surface area contributed by atoms with E-state index in [2.05, 4.69) is 5.32 Å². The van der Waals surface area contributed by atoms with Crippen molar-refractivity contribution in [3.63, 3.8) is 0 Å². The van der Waals surface area contributed by atoms with E-state index in [0.717, 1.165) is 19.3 Å². The van der Waals surface area contributed by atoms with Gasteiger partial charge in [0.15, 0.2) is 6.10 Å². The molecule has 22 heavy (non-hydrogen) atoms. The number of unbranched alkanes of at least 4 members (excludes halogenated alkanes) is 2. The lowest BCUT2D eigenvalue weighted by Crippen LogP contribution is -2.65. The quantitative estimate of drug-likeness (QED) is 0.285. The number of hydrogen-bond acceptors (Lipinski definition) is 8. The van der Waals surface area contributed by atoms with Crippen LogP contribution in [0.4, 0.5) is 4.79 Å². The molecule has 130 valence electrons. The first-order valence-electron chi connectivity index (χ1n) is 7.33. The molecule has 1 amide bonds. The van der Waals surface area contributed by atoms with E-state index in [9.17, 15) is 25.2 Å². The van der Waals surface area contributed by atoms with Gasteiger partial charge in [-0.3, -0.25) is 0 Å². The molecule has 9 heteroatoms. The highest BCUT2D eigenvalue weighted by atomic mass is 16.6.